The summed E-state index contributed by atoms with van der Waals surface area (Å²) < 4.78 is 16.6. The van der Waals surface area contributed by atoms with E-state index < -0.39 is 5.82 Å². The highest BCUT2D eigenvalue weighted by atomic mass is 35.5. The number of fused-ring (bicyclic) bond motifs is 1. The number of aromatic nitrogens is 5. The molecule has 0 spiro atoms. The lowest BCUT2D eigenvalue weighted by atomic mass is 9.99. The summed E-state index contributed by atoms with van der Waals surface area (Å²) in [6, 6.07) is 12.2. The molecule has 8 heteroatoms. The molecule has 0 amide bonds. The minimum atomic E-state index is -0.392. The Kier molecular flexibility index (Phi) is 6.53. The van der Waals surface area contributed by atoms with Crippen molar-refractivity contribution in [2.24, 2.45) is 0 Å². The Bertz CT molecular complexity index is 1500. The molecule has 0 unspecified atom stereocenters. The molecule has 0 bridgehead atoms. The Hall–Kier alpha value is -3.68. The number of hydrogen-bond acceptors (Lipinski definition) is 5. The van der Waals surface area contributed by atoms with Gasteiger partial charge in [0.25, 0.3) is 0 Å². The zero-order valence-corrected chi connectivity index (χ0v) is 20.2. The van der Waals surface area contributed by atoms with Gasteiger partial charge in [-0.3, -0.25) is 9.67 Å². The van der Waals surface area contributed by atoms with E-state index in [1.165, 1.54) is 12.1 Å². The topological polar surface area (TPSA) is 59.7 Å². The van der Waals surface area contributed by atoms with Gasteiger partial charge in [0.05, 0.1) is 11.9 Å². The van der Waals surface area contributed by atoms with Crippen molar-refractivity contribution in [3.05, 3.63) is 84.3 Å². The monoisotopic (exact) mass is 486 g/mol. The minimum Gasteiger partial charge on any atom is -0.309 e. The van der Waals surface area contributed by atoms with Gasteiger partial charge in [-0.05, 0) is 75.1 Å². The molecule has 0 fully saturated rings. The first-order valence-corrected chi connectivity index (χ1v) is 11.7. The van der Waals surface area contributed by atoms with Crippen LogP contribution < -0.4 is 0 Å². The number of hydrogen-bond donors (Lipinski definition) is 0. The van der Waals surface area contributed by atoms with Crippen molar-refractivity contribution >= 4 is 22.6 Å². The first-order chi connectivity index (χ1) is 17.0. The average molecular weight is 487 g/mol. The standard InChI is InChI=1S/C27H24ClFN6/c1-34(2)9-4-10-35-17-20(16-32-35)18-11-19(15-30-14-18)23-13-26(24-12-21(28)6-7-25(24)29)33-27-22(23)5-3-8-31-27/h3,5-8,11-17H,4,9-10H2,1-2H3. The third kappa shape index (κ3) is 5.06. The fraction of sp³-hybridized carbons (Fsp3) is 0.185. The second-order valence-electron chi connectivity index (χ2n) is 8.66. The smallest absolute Gasteiger partial charge is 0.160 e. The van der Waals surface area contributed by atoms with Crippen LogP contribution in [0.25, 0.3) is 44.5 Å². The second-order valence-corrected chi connectivity index (χ2v) is 9.10. The normalized spacial score (nSPS) is 11.5. The Morgan fingerprint density at radius 3 is 2.69 bits per heavy atom. The van der Waals surface area contributed by atoms with Crippen LogP contribution in [0.15, 0.2) is 73.4 Å². The van der Waals surface area contributed by atoms with Gasteiger partial charge < -0.3 is 4.90 Å². The van der Waals surface area contributed by atoms with Gasteiger partial charge in [0.1, 0.15) is 5.82 Å². The molecule has 0 saturated heterocycles. The Labute approximate surface area is 208 Å². The third-order valence-corrected chi connectivity index (χ3v) is 6.03. The molecule has 0 radical (unpaired) electrons. The van der Waals surface area contributed by atoms with Gasteiger partial charge >= 0.3 is 0 Å². The summed E-state index contributed by atoms with van der Waals surface area (Å²) in [4.78, 5) is 15.7. The summed E-state index contributed by atoms with van der Waals surface area (Å²) in [5.41, 5.74) is 5.00. The van der Waals surface area contributed by atoms with E-state index in [1.54, 1.807) is 18.5 Å². The van der Waals surface area contributed by atoms with Gasteiger partial charge in [0.15, 0.2) is 5.65 Å². The van der Waals surface area contributed by atoms with Crippen LogP contribution in [-0.4, -0.2) is 50.3 Å². The fourth-order valence-corrected chi connectivity index (χ4v) is 4.23. The lowest BCUT2D eigenvalue weighted by Gasteiger charge is -2.11. The molecule has 5 rings (SSSR count). The highest BCUT2D eigenvalue weighted by Crippen LogP contribution is 2.34. The van der Waals surface area contributed by atoms with Crippen LogP contribution in [0, 0.1) is 5.82 Å². The molecule has 0 atom stereocenters. The number of aryl methyl sites for hydroxylation is 1. The van der Waals surface area contributed by atoms with E-state index in [-0.39, 0.29) is 0 Å². The van der Waals surface area contributed by atoms with Crippen LogP contribution in [-0.2, 0) is 6.54 Å². The molecule has 4 heterocycles. The lowest BCUT2D eigenvalue weighted by molar-refractivity contribution is 0.380. The summed E-state index contributed by atoms with van der Waals surface area (Å²) in [5, 5.41) is 5.81. The van der Waals surface area contributed by atoms with E-state index in [4.69, 9.17) is 11.6 Å². The zero-order valence-electron chi connectivity index (χ0n) is 19.5. The van der Waals surface area contributed by atoms with Gasteiger partial charge in [-0.25, -0.2) is 14.4 Å². The van der Waals surface area contributed by atoms with E-state index >= 15 is 0 Å². The molecule has 5 aromatic rings. The number of halogens is 2. The molecule has 176 valence electrons. The minimum absolute atomic E-state index is 0.328. The Balaban J connectivity index is 1.55. The lowest BCUT2D eigenvalue weighted by Crippen LogP contribution is -2.15. The third-order valence-electron chi connectivity index (χ3n) is 5.80. The number of benzene rings is 1. The summed E-state index contributed by atoms with van der Waals surface area (Å²) in [7, 11) is 4.13. The molecular weight excluding hydrogens is 463 g/mol. The van der Waals surface area contributed by atoms with Crippen molar-refractivity contribution in [2.45, 2.75) is 13.0 Å². The quantitative estimate of drug-likeness (QED) is 0.284. The summed E-state index contributed by atoms with van der Waals surface area (Å²) in [6.07, 6.45) is 10.2. The number of nitrogens with zero attached hydrogens (tertiary/aromatic N) is 6. The van der Waals surface area contributed by atoms with E-state index in [0.29, 0.717) is 21.9 Å². The van der Waals surface area contributed by atoms with Crippen LogP contribution in [0.4, 0.5) is 4.39 Å². The van der Waals surface area contributed by atoms with Crippen molar-refractivity contribution in [3.8, 4) is 33.5 Å². The van der Waals surface area contributed by atoms with Crippen molar-refractivity contribution < 1.29 is 4.39 Å². The van der Waals surface area contributed by atoms with Gasteiger partial charge in [-0.2, -0.15) is 5.10 Å². The van der Waals surface area contributed by atoms with Crippen LogP contribution >= 0.6 is 11.6 Å². The summed E-state index contributed by atoms with van der Waals surface area (Å²) in [6.45, 7) is 1.85. The Morgan fingerprint density at radius 1 is 0.971 bits per heavy atom. The molecule has 1 aromatic carbocycles. The molecule has 0 aliphatic heterocycles. The number of pyridine rings is 3. The average Bonchev–Trinajstić information content (AvgIpc) is 3.34. The van der Waals surface area contributed by atoms with Gasteiger partial charge in [0, 0.05) is 64.0 Å². The largest absolute Gasteiger partial charge is 0.309 e. The Morgan fingerprint density at radius 2 is 1.83 bits per heavy atom. The maximum atomic E-state index is 14.7. The van der Waals surface area contributed by atoms with Crippen LogP contribution in [0.5, 0.6) is 0 Å². The van der Waals surface area contributed by atoms with Gasteiger partial charge in [0.2, 0.25) is 0 Å². The van der Waals surface area contributed by atoms with E-state index in [2.05, 4.69) is 45.1 Å². The first kappa shape index (κ1) is 23.1. The number of rotatable bonds is 7. The van der Waals surface area contributed by atoms with E-state index in [0.717, 1.165) is 47.2 Å². The van der Waals surface area contributed by atoms with Crippen LogP contribution in [0.3, 0.4) is 0 Å². The molecule has 0 saturated carbocycles. The molecule has 4 aromatic heterocycles. The summed E-state index contributed by atoms with van der Waals surface area (Å²) in [5.74, 6) is -0.392. The molecular formula is C27H24ClFN6. The van der Waals surface area contributed by atoms with Crippen molar-refractivity contribution in [1.82, 2.24) is 29.6 Å². The second kappa shape index (κ2) is 9.90. The van der Waals surface area contributed by atoms with Crippen molar-refractivity contribution in [2.75, 3.05) is 20.6 Å². The van der Waals surface area contributed by atoms with Crippen molar-refractivity contribution in [3.63, 3.8) is 0 Å². The van der Waals surface area contributed by atoms with Crippen LogP contribution in [0.2, 0.25) is 5.02 Å². The highest BCUT2D eigenvalue weighted by Gasteiger charge is 2.15. The first-order valence-electron chi connectivity index (χ1n) is 11.3. The molecule has 0 aliphatic rings. The molecule has 6 nitrogen and oxygen atoms in total. The maximum absolute atomic E-state index is 14.7. The van der Waals surface area contributed by atoms with E-state index in [1.807, 2.05) is 41.5 Å². The predicted molar refractivity (Wildman–Crippen MR) is 138 cm³/mol. The maximum Gasteiger partial charge on any atom is 0.160 e. The van der Waals surface area contributed by atoms with Gasteiger partial charge in [-0.1, -0.05) is 11.6 Å². The molecule has 35 heavy (non-hydrogen) atoms. The van der Waals surface area contributed by atoms with Crippen LogP contribution in [0.1, 0.15) is 6.42 Å². The predicted octanol–water partition coefficient (Wildman–Crippen LogP) is 5.97. The summed E-state index contributed by atoms with van der Waals surface area (Å²) >= 11 is 6.15. The zero-order chi connectivity index (χ0) is 24.4. The van der Waals surface area contributed by atoms with Crippen molar-refractivity contribution in [1.29, 1.82) is 0 Å². The molecule has 0 N–H and O–H groups in total. The van der Waals surface area contributed by atoms with Gasteiger partial charge in [-0.15, -0.1) is 0 Å². The van der Waals surface area contributed by atoms with E-state index in [9.17, 15) is 4.39 Å². The SMILES string of the molecule is CN(C)CCCn1cc(-c2cncc(-c3cc(-c4cc(Cl)ccc4F)nc4ncccc34)c2)cn1. The highest BCUT2D eigenvalue weighted by molar-refractivity contribution is 6.30. The molecule has 0 aliphatic carbocycles. The fourth-order valence-electron chi connectivity index (χ4n) is 4.06.